The second-order valence-corrected chi connectivity index (χ2v) is 5.12. The summed E-state index contributed by atoms with van der Waals surface area (Å²) in [5, 5.41) is 5.90. The second-order valence-electron chi connectivity index (χ2n) is 5.12. The SMILES string of the molecule is CC(C)C[C@H]1C[C@H](c2cc(=O)[nH]o2)CCN1. The van der Waals surface area contributed by atoms with Gasteiger partial charge in [0.25, 0.3) is 5.56 Å². The molecule has 0 aliphatic carbocycles. The van der Waals surface area contributed by atoms with Crippen LogP contribution in [0.1, 0.15) is 44.8 Å². The molecule has 0 bridgehead atoms. The third-order valence-electron chi connectivity index (χ3n) is 3.20. The number of hydrogen-bond acceptors (Lipinski definition) is 3. The fourth-order valence-electron chi connectivity index (χ4n) is 2.51. The van der Waals surface area contributed by atoms with Crippen LogP contribution in [0.4, 0.5) is 0 Å². The van der Waals surface area contributed by atoms with E-state index in [1.54, 1.807) is 6.07 Å². The van der Waals surface area contributed by atoms with E-state index in [4.69, 9.17) is 4.52 Å². The minimum absolute atomic E-state index is 0.131. The zero-order valence-electron chi connectivity index (χ0n) is 9.95. The minimum Gasteiger partial charge on any atom is -0.383 e. The number of H-pyrrole nitrogens is 1. The van der Waals surface area contributed by atoms with Crippen molar-refractivity contribution < 1.29 is 4.52 Å². The molecule has 2 N–H and O–H groups in total. The Morgan fingerprint density at radius 1 is 1.56 bits per heavy atom. The Hall–Kier alpha value is -1.03. The van der Waals surface area contributed by atoms with Gasteiger partial charge in [-0.3, -0.25) is 4.79 Å². The highest BCUT2D eigenvalue weighted by Gasteiger charge is 2.25. The molecule has 0 amide bonds. The van der Waals surface area contributed by atoms with Crippen LogP contribution in [-0.2, 0) is 0 Å². The molecule has 0 aromatic carbocycles. The van der Waals surface area contributed by atoms with Crippen LogP contribution in [0.2, 0.25) is 0 Å². The molecule has 4 nitrogen and oxygen atoms in total. The van der Waals surface area contributed by atoms with Crippen molar-refractivity contribution in [1.29, 1.82) is 0 Å². The molecule has 0 radical (unpaired) electrons. The molecule has 2 atom stereocenters. The summed E-state index contributed by atoms with van der Waals surface area (Å²) in [4.78, 5) is 11.0. The third-order valence-corrected chi connectivity index (χ3v) is 3.20. The number of hydrogen-bond donors (Lipinski definition) is 2. The zero-order valence-corrected chi connectivity index (χ0v) is 9.95. The summed E-state index contributed by atoms with van der Waals surface area (Å²) in [5.74, 6) is 1.92. The van der Waals surface area contributed by atoms with E-state index in [1.165, 1.54) is 6.42 Å². The molecular formula is C12H20N2O2. The summed E-state index contributed by atoms with van der Waals surface area (Å²) in [7, 11) is 0. The maximum Gasteiger partial charge on any atom is 0.280 e. The number of aromatic nitrogens is 1. The molecule has 16 heavy (non-hydrogen) atoms. The second kappa shape index (κ2) is 4.87. The normalized spacial score (nSPS) is 26.2. The largest absolute Gasteiger partial charge is 0.383 e. The van der Waals surface area contributed by atoms with E-state index in [0.717, 1.165) is 25.1 Å². The van der Waals surface area contributed by atoms with Crippen LogP contribution in [0.25, 0.3) is 0 Å². The van der Waals surface area contributed by atoms with Crippen molar-refractivity contribution in [3.8, 4) is 0 Å². The number of rotatable bonds is 3. The Morgan fingerprint density at radius 2 is 2.38 bits per heavy atom. The van der Waals surface area contributed by atoms with Crippen molar-refractivity contribution in [3.63, 3.8) is 0 Å². The molecule has 1 saturated heterocycles. The molecule has 90 valence electrons. The summed E-state index contributed by atoms with van der Waals surface area (Å²) in [6.07, 6.45) is 3.31. The summed E-state index contributed by atoms with van der Waals surface area (Å²) in [6, 6.07) is 2.14. The van der Waals surface area contributed by atoms with Gasteiger partial charge in [0.2, 0.25) is 0 Å². The Bertz CT molecular complexity index is 380. The summed E-state index contributed by atoms with van der Waals surface area (Å²) >= 11 is 0. The number of aromatic amines is 1. The van der Waals surface area contributed by atoms with Gasteiger partial charge < -0.3 is 9.84 Å². The predicted octanol–water partition coefficient (Wildman–Crippen LogP) is 1.85. The Balaban J connectivity index is 1.99. The van der Waals surface area contributed by atoms with Gasteiger partial charge in [-0.15, -0.1) is 0 Å². The van der Waals surface area contributed by atoms with Crippen molar-refractivity contribution in [3.05, 3.63) is 22.2 Å². The van der Waals surface area contributed by atoms with Gasteiger partial charge in [-0.2, -0.15) is 5.16 Å². The summed E-state index contributed by atoms with van der Waals surface area (Å²) < 4.78 is 5.19. The monoisotopic (exact) mass is 224 g/mol. The lowest BCUT2D eigenvalue weighted by Gasteiger charge is -2.30. The quantitative estimate of drug-likeness (QED) is 0.823. The third kappa shape index (κ3) is 2.76. The van der Waals surface area contributed by atoms with E-state index < -0.39 is 0 Å². The first kappa shape index (κ1) is 11.5. The van der Waals surface area contributed by atoms with Crippen LogP contribution in [0.5, 0.6) is 0 Å². The maximum atomic E-state index is 11.0. The van der Waals surface area contributed by atoms with Crippen LogP contribution < -0.4 is 10.9 Å². The lowest BCUT2D eigenvalue weighted by Crippen LogP contribution is -2.38. The van der Waals surface area contributed by atoms with E-state index >= 15 is 0 Å². The van der Waals surface area contributed by atoms with Gasteiger partial charge in [-0.1, -0.05) is 13.8 Å². The first-order chi connectivity index (χ1) is 7.65. The first-order valence-electron chi connectivity index (χ1n) is 6.07. The molecular weight excluding hydrogens is 204 g/mol. The van der Waals surface area contributed by atoms with Crippen molar-refractivity contribution in [1.82, 2.24) is 10.5 Å². The van der Waals surface area contributed by atoms with Gasteiger partial charge >= 0.3 is 0 Å². The minimum atomic E-state index is -0.131. The van der Waals surface area contributed by atoms with Gasteiger partial charge in [-0.25, -0.2) is 0 Å². The van der Waals surface area contributed by atoms with Crippen LogP contribution in [0.3, 0.4) is 0 Å². The van der Waals surface area contributed by atoms with Crippen LogP contribution in [-0.4, -0.2) is 17.7 Å². The zero-order chi connectivity index (χ0) is 11.5. The van der Waals surface area contributed by atoms with Crippen molar-refractivity contribution in [2.24, 2.45) is 5.92 Å². The van der Waals surface area contributed by atoms with Crippen molar-refractivity contribution >= 4 is 0 Å². The maximum absolute atomic E-state index is 11.0. The molecule has 2 rings (SSSR count). The molecule has 1 aromatic heterocycles. The number of nitrogens with one attached hydrogen (secondary N) is 2. The van der Waals surface area contributed by atoms with Gasteiger partial charge in [0, 0.05) is 18.0 Å². The average Bonchev–Trinajstić information content (AvgIpc) is 2.64. The van der Waals surface area contributed by atoms with E-state index in [1.807, 2.05) is 0 Å². The molecule has 1 aliphatic heterocycles. The van der Waals surface area contributed by atoms with E-state index in [2.05, 4.69) is 24.3 Å². The molecule has 4 heteroatoms. The lowest BCUT2D eigenvalue weighted by atomic mass is 9.87. The van der Waals surface area contributed by atoms with Gasteiger partial charge in [0.05, 0.1) is 0 Å². The Labute approximate surface area is 95.4 Å². The number of piperidine rings is 1. The highest BCUT2D eigenvalue weighted by molar-refractivity contribution is 5.04. The molecule has 1 aromatic rings. The topological polar surface area (TPSA) is 58.0 Å². The molecule has 2 heterocycles. The van der Waals surface area contributed by atoms with E-state index in [0.29, 0.717) is 17.9 Å². The van der Waals surface area contributed by atoms with Gasteiger partial charge in [0.15, 0.2) is 0 Å². The van der Waals surface area contributed by atoms with E-state index in [9.17, 15) is 4.79 Å². The summed E-state index contributed by atoms with van der Waals surface area (Å²) in [6.45, 7) is 5.49. The highest BCUT2D eigenvalue weighted by atomic mass is 16.5. The highest BCUT2D eigenvalue weighted by Crippen LogP contribution is 2.28. The van der Waals surface area contributed by atoms with Crippen LogP contribution in [0.15, 0.2) is 15.4 Å². The molecule has 0 saturated carbocycles. The molecule has 1 fully saturated rings. The van der Waals surface area contributed by atoms with Crippen molar-refractivity contribution in [2.75, 3.05) is 6.54 Å². The molecule has 0 spiro atoms. The lowest BCUT2D eigenvalue weighted by molar-refractivity contribution is 0.274. The van der Waals surface area contributed by atoms with Crippen LogP contribution >= 0.6 is 0 Å². The predicted molar refractivity (Wildman–Crippen MR) is 62.5 cm³/mol. The van der Waals surface area contributed by atoms with E-state index in [-0.39, 0.29) is 5.56 Å². The van der Waals surface area contributed by atoms with Gasteiger partial charge in [-0.05, 0) is 31.7 Å². The Morgan fingerprint density at radius 3 is 3.00 bits per heavy atom. The van der Waals surface area contributed by atoms with Gasteiger partial charge in [0.1, 0.15) is 5.76 Å². The Kier molecular flexibility index (Phi) is 3.49. The molecule has 0 unspecified atom stereocenters. The fraction of sp³-hybridized carbons (Fsp3) is 0.750. The fourth-order valence-corrected chi connectivity index (χ4v) is 2.51. The standard InChI is InChI=1S/C12H20N2O2/c1-8(2)5-10-6-9(3-4-13-10)11-7-12(15)14-16-11/h7-10,13H,3-6H2,1-2H3,(H,14,15)/t9-,10+/m1/s1. The van der Waals surface area contributed by atoms with Crippen molar-refractivity contribution in [2.45, 2.75) is 45.1 Å². The summed E-state index contributed by atoms with van der Waals surface area (Å²) in [5.41, 5.74) is -0.131. The first-order valence-corrected chi connectivity index (χ1v) is 6.07. The average molecular weight is 224 g/mol. The van der Waals surface area contributed by atoms with Crippen LogP contribution in [0, 0.1) is 5.92 Å². The molecule has 1 aliphatic rings. The smallest absolute Gasteiger partial charge is 0.280 e.